The number of hydrogen-bond acceptors (Lipinski definition) is 3. The van der Waals surface area contributed by atoms with Crippen molar-refractivity contribution in [3.63, 3.8) is 0 Å². The van der Waals surface area contributed by atoms with Gasteiger partial charge in [0, 0.05) is 0 Å². The van der Waals surface area contributed by atoms with Gasteiger partial charge >= 0.3 is 5.69 Å². The quantitative estimate of drug-likeness (QED) is 0.683. The normalized spacial score (nSPS) is 13.2. The molecule has 0 aliphatic rings. The number of aryl methyl sites for hydroxylation is 1. The summed E-state index contributed by atoms with van der Waals surface area (Å²) in [5, 5.41) is 18.1. The van der Waals surface area contributed by atoms with Gasteiger partial charge in [-0.1, -0.05) is 12.1 Å². The number of aliphatic hydroxyl groups excluding tert-OH is 2. The van der Waals surface area contributed by atoms with Gasteiger partial charge in [0.15, 0.2) is 0 Å². The van der Waals surface area contributed by atoms with Gasteiger partial charge in [0.05, 0.1) is 30.3 Å². The first kappa shape index (κ1) is 10.9. The number of aromatic nitrogens is 2. The molecule has 0 aliphatic carbocycles. The Balaban J connectivity index is 2.57. The van der Waals surface area contributed by atoms with Crippen molar-refractivity contribution in [1.29, 1.82) is 0 Å². The van der Waals surface area contributed by atoms with Crippen LogP contribution in [0, 0.1) is 6.92 Å². The van der Waals surface area contributed by atoms with Gasteiger partial charge in [-0.05, 0) is 18.6 Å². The van der Waals surface area contributed by atoms with E-state index in [1.165, 1.54) is 4.57 Å². The minimum Gasteiger partial charge on any atom is -0.394 e. The van der Waals surface area contributed by atoms with E-state index in [4.69, 9.17) is 5.11 Å². The van der Waals surface area contributed by atoms with Crippen LogP contribution in [0.5, 0.6) is 0 Å². The fourth-order valence-electron chi connectivity index (χ4n) is 1.77. The molecule has 0 bridgehead atoms. The molecule has 3 N–H and O–H groups in total. The van der Waals surface area contributed by atoms with Gasteiger partial charge in [0.25, 0.3) is 0 Å². The zero-order chi connectivity index (χ0) is 11.7. The molecule has 5 nitrogen and oxygen atoms in total. The molecular weight excluding hydrogens is 208 g/mol. The molecule has 0 radical (unpaired) electrons. The Morgan fingerprint density at radius 2 is 2.25 bits per heavy atom. The van der Waals surface area contributed by atoms with Crippen molar-refractivity contribution in [3.8, 4) is 0 Å². The lowest BCUT2D eigenvalue weighted by Crippen LogP contribution is -2.26. The molecule has 0 aliphatic heterocycles. The van der Waals surface area contributed by atoms with E-state index in [0.717, 1.165) is 16.6 Å². The predicted molar refractivity (Wildman–Crippen MR) is 60.4 cm³/mol. The molecule has 1 heterocycles. The Kier molecular flexibility index (Phi) is 2.80. The van der Waals surface area contributed by atoms with E-state index in [1.54, 1.807) is 0 Å². The Morgan fingerprint density at radius 3 is 2.94 bits per heavy atom. The first-order chi connectivity index (χ1) is 7.63. The number of nitrogens with one attached hydrogen (secondary N) is 1. The number of nitrogens with zero attached hydrogens (tertiary/aromatic N) is 1. The number of rotatable bonds is 3. The highest BCUT2D eigenvalue weighted by atomic mass is 16.3. The number of fused-ring (bicyclic) bond motifs is 1. The highest BCUT2D eigenvalue weighted by Gasteiger charge is 2.11. The van der Waals surface area contributed by atoms with Crippen LogP contribution in [0.4, 0.5) is 0 Å². The number of aliphatic hydroxyl groups is 2. The maximum atomic E-state index is 11.7. The maximum Gasteiger partial charge on any atom is 0.326 e. The van der Waals surface area contributed by atoms with E-state index < -0.39 is 6.10 Å². The van der Waals surface area contributed by atoms with Gasteiger partial charge < -0.3 is 15.2 Å². The topological polar surface area (TPSA) is 78.2 Å². The van der Waals surface area contributed by atoms with E-state index in [1.807, 2.05) is 25.1 Å². The maximum absolute atomic E-state index is 11.7. The molecule has 0 saturated carbocycles. The largest absolute Gasteiger partial charge is 0.394 e. The summed E-state index contributed by atoms with van der Waals surface area (Å²) in [4.78, 5) is 14.4. The lowest BCUT2D eigenvalue weighted by atomic mass is 10.2. The molecular formula is C11H14N2O3. The van der Waals surface area contributed by atoms with Crippen molar-refractivity contribution in [2.24, 2.45) is 0 Å². The minimum absolute atomic E-state index is 0.0960. The molecule has 0 amide bonds. The van der Waals surface area contributed by atoms with E-state index in [2.05, 4.69) is 4.98 Å². The number of H-pyrrole nitrogens is 1. The molecule has 0 fully saturated rings. The fourth-order valence-corrected chi connectivity index (χ4v) is 1.77. The van der Waals surface area contributed by atoms with E-state index in [9.17, 15) is 9.90 Å². The van der Waals surface area contributed by atoms with E-state index in [-0.39, 0.29) is 18.8 Å². The van der Waals surface area contributed by atoms with Gasteiger partial charge in [0.1, 0.15) is 0 Å². The first-order valence-corrected chi connectivity index (χ1v) is 5.10. The van der Waals surface area contributed by atoms with Crippen molar-refractivity contribution >= 4 is 11.0 Å². The molecule has 86 valence electrons. The lowest BCUT2D eigenvalue weighted by Gasteiger charge is -2.08. The Morgan fingerprint density at radius 1 is 1.50 bits per heavy atom. The summed E-state index contributed by atoms with van der Waals surface area (Å²) in [7, 11) is 0. The predicted octanol–water partition coefficient (Wildman–Crippen LogP) is -0.00878. The number of benzene rings is 1. The Bertz CT molecular complexity index is 556. The molecule has 16 heavy (non-hydrogen) atoms. The third kappa shape index (κ3) is 1.75. The van der Waals surface area contributed by atoms with Crippen LogP contribution in [0.3, 0.4) is 0 Å². The second-order valence-corrected chi connectivity index (χ2v) is 3.85. The Labute approximate surface area is 92.0 Å². The van der Waals surface area contributed by atoms with Gasteiger partial charge in [-0.3, -0.25) is 4.57 Å². The summed E-state index contributed by atoms with van der Waals surface area (Å²) in [6.07, 6.45) is -0.919. The van der Waals surface area contributed by atoms with Crippen molar-refractivity contribution in [1.82, 2.24) is 9.55 Å². The average molecular weight is 222 g/mol. The zero-order valence-electron chi connectivity index (χ0n) is 8.97. The van der Waals surface area contributed by atoms with Crippen LogP contribution in [0.1, 0.15) is 5.56 Å². The third-order valence-corrected chi connectivity index (χ3v) is 2.62. The molecule has 1 aromatic heterocycles. The lowest BCUT2D eigenvalue weighted by molar-refractivity contribution is 0.0814. The molecule has 1 aromatic carbocycles. The highest BCUT2D eigenvalue weighted by Crippen LogP contribution is 2.14. The van der Waals surface area contributed by atoms with Crippen molar-refractivity contribution in [2.45, 2.75) is 19.6 Å². The SMILES string of the molecule is Cc1cccc2c1[nH]c(=O)n2CC(O)CO. The number of para-hydroxylation sites is 1. The Hall–Kier alpha value is -1.59. The van der Waals surface area contributed by atoms with Crippen LogP contribution >= 0.6 is 0 Å². The number of hydrogen-bond donors (Lipinski definition) is 3. The molecule has 2 aromatic rings. The van der Waals surface area contributed by atoms with Gasteiger partial charge in [-0.25, -0.2) is 4.79 Å². The summed E-state index contributed by atoms with van der Waals surface area (Å²) in [5.41, 5.74) is 2.23. The van der Waals surface area contributed by atoms with Crippen LogP contribution in [0.2, 0.25) is 0 Å². The van der Waals surface area contributed by atoms with E-state index >= 15 is 0 Å². The number of imidazole rings is 1. The van der Waals surface area contributed by atoms with Crippen molar-refractivity contribution in [3.05, 3.63) is 34.2 Å². The van der Waals surface area contributed by atoms with Crippen LogP contribution < -0.4 is 5.69 Å². The average Bonchev–Trinajstić information content (AvgIpc) is 2.58. The van der Waals surface area contributed by atoms with Crippen LogP contribution in [0.15, 0.2) is 23.0 Å². The summed E-state index contributed by atoms with van der Waals surface area (Å²) < 4.78 is 1.43. The van der Waals surface area contributed by atoms with Crippen LogP contribution in [0.25, 0.3) is 11.0 Å². The summed E-state index contributed by atoms with van der Waals surface area (Å²) >= 11 is 0. The number of aromatic amines is 1. The molecule has 0 saturated heterocycles. The fraction of sp³-hybridized carbons (Fsp3) is 0.364. The van der Waals surface area contributed by atoms with Crippen LogP contribution in [-0.2, 0) is 6.54 Å². The molecule has 5 heteroatoms. The molecule has 1 atom stereocenters. The van der Waals surface area contributed by atoms with Gasteiger partial charge in [0.2, 0.25) is 0 Å². The van der Waals surface area contributed by atoms with Gasteiger partial charge in [-0.15, -0.1) is 0 Å². The molecule has 2 rings (SSSR count). The monoisotopic (exact) mass is 222 g/mol. The van der Waals surface area contributed by atoms with Crippen molar-refractivity contribution < 1.29 is 10.2 Å². The standard InChI is InChI=1S/C11H14N2O3/c1-7-3-2-4-9-10(7)12-11(16)13(9)5-8(15)6-14/h2-4,8,14-15H,5-6H2,1H3,(H,12,16). The summed E-state index contributed by atoms with van der Waals surface area (Å²) in [5.74, 6) is 0. The minimum atomic E-state index is -0.919. The third-order valence-electron chi connectivity index (χ3n) is 2.62. The summed E-state index contributed by atoms with van der Waals surface area (Å²) in [6, 6.07) is 5.57. The first-order valence-electron chi connectivity index (χ1n) is 5.10. The second kappa shape index (κ2) is 4.11. The van der Waals surface area contributed by atoms with E-state index in [0.29, 0.717) is 0 Å². The molecule has 0 spiro atoms. The summed E-state index contributed by atoms with van der Waals surface area (Å²) in [6.45, 7) is 1.65. The molecule has 1 unspecified atom stereocenters. The zero-order valence-corrected chi connectivity index (χ0v) is 8.97. The highest BCUT2D eigenvalue weighted by molar-refractivity contribution is 5.78. The smallest absolute Gasteiger partial charge is 0.326 e. The van der Waals surface area contributed by atoms with Crippen molar-refractivity contribution in [2.75, 3.05) is 6.61 Å². The van der Waals surface area contributed by atoms with Gasteiger partial charge in [-0.2, -0.15) is 0 Å². The second-order valence-electron chi connectivity index (χ2n) is 3.85. The van der Waals surface area contributed by atoms with Crippen LogP contribution in [-0.4, -0.2) is 32.5 Å².